The molecule has 0 aliphatic rings. The van der Waals surface area contributed by atoms with Crippen LogP contribution in [0.2, 0.25) is 0 Å². The number of hydrogen-bond acceptors (Lipinski definition) is 4. The molecule has 0 unspecified atom stereocenters. The van der Waals surface area contributed by atoms with Gasteiger partial charge >= 0.3 is 11.9 Å². The summed E-state index contributed by atoms with van der Waals surface area (Å²) in [5, 5.41) is 16.8. The summed E-state index contributed by atoms with van der Waals surface area (Å²) in [6, 6.07) is 0. The number of aliphatic carboxylic acids is 1. The van der Waals surface area contributed by atoms with Gasteiger partial charge in [0.15, 0.2) is 0 Å². The molecular formula is C26H54O5. The number of carboxylic acids is 1. The summed E-state index contributed by atoms with van der Waals surface area (Å²) < 4.78 is 5.26. The molecule has 0 bridgehead atoms. The van der Waals surface area contributed by atoms with Crippen LogP contribution in [0.5, 0.6) is 0 Å². The number of rotatable bonds is 17. The third kappa shape index (κ3) is 39.9. The molecular weight excluding hydrogens is 392 g/mol. The number of ether oxygens (including phenoxy) is 1. The molecule has 0 spiro atoms. The summed E-state index contributed by atoms with van der Waals surface area (Å²) >= 11 is 0. The normalized spacial score (nSPS) is 12.0. The second kappa shape index (κ2) is 28.9. The Kier molecular flexibility index (Phi) is 32.2. The highest BCUT2D eigenvalue weighted by Gasteiger charge is 2.07. The van der Waals surface area contributed by atoms with E-state index in [2.05, 4.69) is 27.7 Å². The second-order valence-electron chi connectivity index (χ2n) is 8.45. The van der Waals surface area contributed by atoms with Crippen molar-refractivity contribution in [3.8, 4) is 0 Å². The summed E-state index contributed by atoms with van der Waals surface area (Å²) in [7, 11) is 0. The Balaban J connectivity index is -0.000000421. The molecule has 0 radical (unpaired) electrons. The number of esters is 1. The van der Waals surface area contributed by atoms with Gasteiger partial charge in [-0.3, -0.25) is 9.59 Å². The molecule has 31 heavy (non-hydrogen) atoms. The van der Waals surface area contributed by atoms with Crippen LogP contribution in [0.25, 0.3) is 0 Å². The second-order valence-corrected chi connectivity index (χ2v) is 8.45. The minimum atomic E-state index is -0.670. The number of aliphatic hydroxyl groups is 1. The van der Waals surface area contributed by atoms with E-state index in [-0.39, 0.29) is 18.2 Å². The van der Waals surface area contributed by atoms with Crippen LogP contribution in [-0.4, -0.2) is 34.4 Å². The van der Waals surface area contributed by atoms with Gasteiger partial charge in [0.1, 0.15) is 0 Å². The summed E-state index contributed by atoms with van der Waals surface area (Å²) in [5.74, 6) is -0.691. The molecule has 0 amide bonds. The fourth-order valence-corrected chi connectivity index (χ4v) is 2.92. The number of unbranched alkanes of at least 4 members (excludes halogenated alkanes) is 8. The van der Waals surface area contributed by atoms with E-state index < -0.39 is 5.97 Å². The van der Waals surface area contributed by atoms with E-state index in [0.29, 0.717) is 12.8 Å². The van der Waals surface area contributed by atoms with Crippen LogP contribution < -0.4 is 0 Å². The lowest BCUT2D eigenvalue weighted by Gasteiger charge is -2.11. The first-order valence-corrected chi connectivity index (χ1v) is 12.8. The van der Waals surface area contributed by atoms with Gasteiger partial charge in [-0.15, -0.1) is 0 Å². The van der Waals surface area contributed by atoms with Crippen LogP contribution in [0.15, 0.2) is 0 Å². The predicted octanol–water partition coefficient (Wildman–Crippen LogP) is 7.68. The zero-order valence-corrected chi connectivity index (χ0v) is 21.6. The summed E-state index contributed by atoms with van der Waals surface area (Å²) in [5.41, 5.74) is 0. The van der Waals surface area contributed by atoms with Gasteiger partial charge < -0.3 is 14.9 Å². The molecule has 2 atom stereocenters. The fraction of sp³-hybridized carbons (Fsp3) is 0.923. The lowest BCUT2D eigenvalue weighted by molar-refractivity contribution is -0.148. The first kappa shape index (κ1) is 34.5. The van der Waals surface area contributed by atoms with E-state index in [9.17, 15) is 9.59 Å². The van der Waals surface area contributed by atoms with Crippen molar-refractivity contribution in [3.63, 3.8) is 0 Å². The van der Waals surface area contributed by atoms with Gasteiger partial charge in [0.05, 0.1) is 12.2 Å². The Morgan fingerprint density at radius 1 is 0.677 bits per heavy atom. The average molecular weight is 447 g/mol. The number of hydrogen-bond donors (Lipinski definition) is 2. The highest BCUT2D eigenvalue weighted by atomic mass is 16.5. The van der Waals surface area contributed by atoms with Crippen LogP contribution in [0.1, 0.15) is 144 Å². The fourth-order valence-electron chi connectivity index (χ4n) is 2.92. The van der Waals surface area contributed by atoms with E-state index in [1.54, 1.807) is 0 Å². The Labute approximate surface area is 193 Å². The first-order valence-electron chi connectivity index (χ1n) is 12.8. The van der Waals surface area contributed by atoms with Crippen molar-refractivity contribution in [2.24, 2.45) is 0 Å². The summed E-state index contributed by atoms with van der Waals surface area (Å²) in [4.78, 5) is 21.4. The van der Waals surface area contributed by atoms with Crippen LogP contribution in [0.4, 0.5) is 0 Å². The van der Waals surface area contributed by atoms with Gasteiger partial charge in [-0.05, 0) is 39.5 Å². The molecule has 0 aromatic heterocycles. The van der Waals surface area contributed by atoms with Gasteiger partial charge in [-0.25, -0.2) is 0 Å². The third-order valence-electron chi connectivity index (χ3n) is 4.71. The SMILES string of the molecule is CCCCCCCC(=O)O.CCCCCCCC(=O)O[C@H](C)CCC.CCC[C@@H](C)O. The van der Waals surface area contributed by atoms with Crippen molar-refractivity contribution in [1.29, 1.82) is 0 Å². The van der Waals surface area contributed by atoms with E-state index in [1.807, 2.05) is 13.8 Å². The largest absolute Gasteiger partial charge is 0.481 e. The maximum Gasteiger partial charge on any atom is 0.306 e. The minimum Gasteiger partial charge on any atom is -0.481 e. The molecule has 0 heterocycles. The maximum absolute atomic E-state index is 11.3. The molecule has 0 aliphatic carbocycles. The molecule has 0 rings (SSSR count). The molecule has 0 aromatic carbocycles. The lowest BCUT2D eigenvalue weighted by atomic mass is 10.1. The van der Waals surface area contributed by atoms with Crippen LogP contribution in [0, 0.1) is 0 Å². The summed E-state index contributed by atoms with van der Waals surface area (Å²) in [6.07, 6.45) is 16.4. The minimum absolute atomic E-state index is 0.0209. The Hall–Kier alpha value is -1.10. The van der Waals surface area contributed by atoms with Crippen molar-refractivity contribution in [3.05, 3.63) is 0 Å². The van der Waals surface area contributed by atoms with Gasteiger partial charge in [0.2, 0.25) is 0 Å². The van der Waals surface area contributed by atoms with Crippen LogP contribution in [-0.2, 0) is 14.3 Å². The third-order valence-corrected chi connectivity index (χ3v) is 4.71. The van der Waals surface area contributed by atoms with Crippen molar-refractivity contribution >= 4 is 11.9 Å². The zero-order chi connectivity index (χ0) is 24.3. The molecule has 2 N–H and O–H groups in total. The highest BCUT2D eigenvalue weighted by molar-refractivity contribution is 5.69. The Bertz CT molecular complexity index is 369. The molecule has 0 aromatic rings. The van der Waals surface area contributed by atoms with E-state index in [0.717, 1.165) is 51.4 Å². The number of aliphatic hydroxyl groups excluding tert-OH is 1. The molecule has 0 saturated heterocycles. The van der Waals surface area contributed by atoms with Gasteiger partial charge in [-0.1, -0.05) is 91.9 Å². The molecule has 0 saturated carbocycles. The van der Waals surface area contributed by atoms with E-state index >= 15 is 0 Å². The quantitative estimate of drug-likeness (QED) is 0.177. The van der Waals surface area contributed by atoms with E-state index in [4.69, 9.17) is 14.9 Å². The zero-order valence-electron chi connectivity index (χ0n) is 21.6. The smallest absolute Gasteiger partial charge is 0.306 e. The number of carbonyl (C=O) groups is 2. The molecule has 0 aliphatic heterocycles. The standard InChI is InChI=1S/C13H26O2.C8H16O2.C5H12O/c1-4-6-7-8-9-11-13(14)15-12(3)10-5-2;1-2-3-4-5-6-7-8(9)10;1-3-4-5(2)6/h12H,4-11H2,1-3H3;2-7H2,1H3,(H,9,10);5-6H,3-4H2,1-2H3/t12-;;5-/m1.1/s1. The van der Waals surface area contributed by atoms with Gasteiger partial charge in [-0.2, -0.15) is 0 Å². The number of carboxylic acid groups (broad SMARTS) is 1. The van der Waals surface area contributed by atoms with Crippen LogP contribution in [0.3, 0.4) is 0 Å². The predicted molar refractivity (Wildman–Crippen MR) is 131 cm³/mol. The van der Waals surface area contributed by atoms with Gasteiger partial charge in [0.25, 0.3) is 0 Å². The summed E-state index contributed by atoms with van der Waals surface area (Å²) in [6.45, 7) is 12.3. The van der Waals surface area contributed by atoms with Crippen molar-refractivity contribution in [1.82, 2.24) is 0 Å². The van der Waals surface area contributed by atoms with Crippen molar-refractivity contribution in [2.75, 3.05) is 0 Å². The van der Waals surface area contributed by atoms with Crippen molar-refractivity contribution in [2.45, 2.75) is 156 Å². The Morgan fingerprint density at radius 2 is 1.13 bits per heavy atom. The average Bonchev–Trinajstić information content (AvgIpc) is 2.68. The molecule has 5 heteroatoms. The van der Waals surface area contributed by atoms with Gasteiger partial charge in [0, 0.05) is 12.8 Å². The first-order chi connectivity index (χ1) is 14.7. The lowest BCUT2D eigenvalue weighted by Crippen LogP contribution is -2.14. The van der Waals surface area contributed by atoms with Crippen LogP contribution >= 0.6 is 0 Å². The molecule has 5 nitrogen and oxygen atoms in total. The van der Waals surface area contributed by atoms with E-state index in [1.165, 1.54) is 38.5 Å². The highest BCUT2D eigenvalue weighted by Crippen LogP contribution is 2.08. The molecule has 0 fully saturated rings. The monoisotopic (exact) mass is 446 g/mol. The van der Waals surface area contributed by atoms with Crippen molar-refractivity contribution < 1.29 is 24.5 Å². The maximum atomic E-state index is 11.3. The topological polar surface area (TPSA) is 83.8 Å². The Morgan fingerprint density at radius 3 is 1.48 bits per heavy atom. The molecule has 188 valence electrons. The number of carbonyl (C=O) groups excluding carboxylic acids is 1.